The van der Waals surface area contributed by atoms with Gasteiger partial charge in [0.05, 0.1) is 32.0 Å². The molecule has 6 heteroatoms. The molecule has 2 fully saturated rings. The molecule has 0 saturated carbocycles. The van der Waals surface area contributed by atoms with Gasteiger partial charge in [-0.25, -0.2) is 0 Å². The Morgan fingerprint density at radius 2 is 2.04 bits per heavy atom. The number of nitrogens with zero attached hydrogens (tertiary/aromatic N) is 2. The largest absolute Gasteiger partial charge is 0.378 e. The van der Waals surface area contributed by atoms with Gasteiger partial charge in [0.2, 0.25) is 5.91 Å². The van der Waals surface area contributed by atoms with Crippen LogP contribution in [0.1, 0.15) is 18.6 Å². The van der Waals surface area contributed by atoms with Gasteiger partial charge < -0.3 is 14.4 Å². The lowest BCUT2D eigenvalue weighted by Crippen LogP contribution is -2.53. The maximum absolute atomic E-state index is 12.7. The second kappa shape index (κ2) is 7.75. The molecule has 0 N–H and O–H groups in total. The maximum Gasteiger partial charge on any atom is 0.239 e. The molecule has 2 atom stereocenters. The number of ether oxygens (including phenoxy) is 2. The zero-order chi connectivity index (χ0) is 16.2. The van der Waals surface area contributed by atoms with E-state index in [1.807, 2.05) is 24.0 Å². The Hall–Kier alpha value is -0.950. The van der Waals surface area contributed by atoms with Gasteiger partial charge in [-0.15, -0.1) is 0 Å². The summed E-state index contributed by atoms with van der Waals surface area (Å²) >= 11 is 3.51. The molecule has 2 aliphatic rings. The molecule has 1 aromatic carbocycles. The van der Waals surface area contributed by atoms with Gasteiger partial charge in [-0.05, 0) is 24.6 Å². The van der Waals surface area contributed by atoms with Crippen LogP contribution in [0.15, 0.2) is 28.7 Å². The van der Waals surface area contributed by atoms with Crippen molar-refractivity contribution in [2.45, 2.75) is 19.1 Å². The van der Waals surface area contributed by atoms with Crippen LogP contribution in [-0.2, 0) is 14.3 Å². The van der Waals surface area contributed by atoms with Crippen LogP contribution in [0.25, 0.3) is 0 Å². The molecule has 0 aliphatic carbocycles. The molecule has 0 spiro atoms. The van der Waals surface area contributed by atoms with Crippen molar-refractivity contribution >= 4 is 21.8 Å². The molecule has 0 radical (unpaired) electrons. The van der Waals surface area contributed by atoms with E-state index in [9.17, 15) is 4.79 Å². The van der Waals surface area contributed by atoms with Gasteiger partial charge >= 0.3 is 0 Å². The molecule has 1 amide bonds. The fourth-order valence-electron chi connectivity index (χ4n) is 3.13. The summed E-state index contributed by atoms with van der Waals surface area (Å²) in [5.41, 5.74) is 1.15. The van der Waals surface area contributed by atoms with Crippen molar-refractivity contribution < 1.29 is 14.3 Å². The SMILES string of the molecule is CC(C(=O)N1CCOCC1)N1CCOC(c2cccc(Br)c2)C1. The molecule has 5 nitrogen and oxygen atoms in total. The summed E-state index contributed by atoms with van der Waals surface area (Å²) < 4.78 is 12.3. The van der Waals surface area contributed by atoms with Gasteiger partial charge in [-0.1, -0.05) is 28.1 Å². The average molecular weight is 383 g/mol. The van der Waals surface area contributed by atoms with E-state index in [1.54, 1.807) is 0 Å². The Kier molecular flexibility index (Phi) is 5.69. The van der Waals surface area contributed by atoms with Gasteiger partial charge in [0.25, 0.3) is 0 Å². The van der Waals surface area contributed by atoms with Crippen molar-refractivity contribution in [3.05, 3.63) is 34.3 Å². The van der Waals surface area contributed by atoms with Crippen LogP contribution >= 0.6 is 15.9 Å². The molecule has 2 heterocycles. The molecule has 0 bridgehead atoms. The highest BCUT2D eigenvalue weighted by molar-refractivity contribution is 9.10. The highest BCUT2D eigenvalue weighted by Gasteiger charge is 2.31. The van der Waals surface area contributed by atoms with Crippen molar-refractivity contribution in [2.75, 3.05) is 46.0 Å². The van der Waals surface area contributed by atoms with Crippen LogP contribution in [0.3, 0.4) is 0 Å². The van der Waals surface area contributed by atoms with E-state index < -0.39 is 0 Å². The second-order valence-electron chi connectivity index (χ2n) is 6.02. The molecule has 1 aromatic rings. The monoisotopic (exact) mass is 382 g/mol. The molecular formula is C17H23BrN2O3. The Labute approximate surface area is 145 Å². The van der Waals surface area contributed by atoms with E-state index in [-0.39, 0.29) is 18.1 Å². The summed E-state index contributed by atoms with van der Waals surface area (Å²) in [5, 5.41) is 0. The standard InChI is InChI=1S/C17H23BrN2O3/c1-13(17(21)19-5-8-22-9-6-19)20-7-10-23-16(12-20)14-3-2-4-15(18)11-14/h2-4,11,13,16H,5-10,12H2,1H3. The quantitative estimate of drug-likeness (QED) is 0.802. The lowest BCUT2D eigenvalue weighted by Gasteiger charge is -2.39. The Morgan fingerprint density at radius 1 is 1.26 bits per heavy atom. The minimum Gasteiger partial charge on any atom is -0.378 e. The van der Waals surface area contributed by atoms with Crippen LogP contribution in [-0.4, -0.2) is 67.7 Å². The predicted molar refractivity (Wildman–Crippen MR) is 91.3 cm³/mol. The minimum atomic E-state index is -0.119. The van der Waals surface area contributed by atoms with Crippen LogP contribution in [0.4, 0.5) is 0 Å². The van der Waals surface area contributed by atoms with E-state index in [4.69, 9.17) is 9.47 Å². The predicted octanol–water partition coefficient (Wildman–Crippen LogP) is 2.07. The van der Waals surface area contributed by atoms with Crippen LogP contribution < -0.4 is 0 Å². The van der Waals surface area contributed by atoms with Gasteiger partial charge in [0, 0.05) is 30.7 Å². The van der Waals surface area contributed by atoms with Crippen molar-refractivity contribution in [2.24, 2.45) is 0 Å². The lowest BCUT2D eigenvalue weighted by atomic mass is 10.1. The second-order valence-corrected chi connectivity index (χ2v) is 6.94. The molecule has 3 rings (SSSR count). The Bertz CT molecular complexity index is 548. The number of halogens is 1. The molecule has 2 aliphatic heterocycles. The van der Waals surface area contributed by atoms with Gasteiger partial charge in [-0.3, -0.25) is 9.69 Å². The first kappa shape index (κ1) is 16.9. The smallest absolute Gasteiger partial charge is 0.239 e. The van der Waals surface area contributed by atoms with Crippen molar-refractivity contribution in [3.63, 3.8) is 0 Å². The van der Waals surface area contributed by atoms with E-state index in [0.29, 0.717) is 32.9 Å². The fourth-order valence-corrected chi connectivity index (χ4v) is 3.55. The Balaban J connectivity index is 1.64. The molecule has 2 unspecified atom stereocenters. The van der Waals surface area contributed by atoms with Crippen LogP contribution in [0.2, 0.25) is 0 Å². The third-order valence-corrected chi connectivity index (χ3v) is 5.04. The summed E-state index contributed by atoms with van der Waals surface area (Å²) in [6.45, 7) is 6.87. The summed E-state index contributed by atoms with van der Waals surface area (Å²) in [6.07, 6.45) is 0.0150. The maximum atomic E-state index is 12.7. The van der Waals surface area contributed by atoms with E-state index >= 15 is 0 Å². The number of carbonyl (C=O) groups excluding carboxylic acids is 1. The summed E-state index contributed by atoms with van der Waals surface area (Å²) in [7, 11) is 0. The van der Waals surface area contributed by atoms with E-state index in [0.717, 1.165) is 23.1 Å². The van der Waals surface area contributed by atoms with Gasteiger partial charge in [0.1, 0.15) is 0 Å². The number of hydrogen-bond donors (Lipinski definition) is 0. The average Bonchev–Trinajstić information content (AvgIpc) is 2.61. The number of rotatable bonds is 3. The topological polar surface area (TPSA) is 42.0 Å². The summed E-state index contributed by atoms with van der Waals surface area (Å²) in [6, 6.07) is 8.07. The first-order chi connectivity index (χ1) is 11.1. The van der Waals surface area contributed by atoms with Crippen LogP contribution in [0, 0.1) is 0 Å². The Morgan fingerprint density at radius 3 is 2.78 bits per heavy atom. The van der Waals surface area contributed by atoms with Crippen LogP contribution in [0.5, 0.6) is 0 Å². The fraction of sp³-hybridized carbons (Fsp3) is 0.588. The third kappa shape index (κ3) is 4.12. The van der Waals surface area contributed by atoms with Gasteiger partial charge in [-0.2, -0.15) is 0 Å². The first-order valence-corrected chi connectivity index (χ1v) is 8.92. The number of benzene rings is 1. The highest BCUT2D eigenvalue weighted by atomic mass is 79.9. The van der Waals surface area contributed by atoms with Gasteiger partial charge in [0.15, 0.2) is 0 Å². The molecule has 0 aromatic heterocycles. The van der Waals surface area contributed by atoms with Crippen molar-refractivity contribution in [1.82, 2.24) is 9.80 Å². The number of morpholine rings is 2. The first-order valence-electron chi connectivity index (χ1n) is 8.13. The number of amides is 1. The molecule has 126 valence electrons. The van der Waals surface area contributed by atoms with E-state index in [1.165, 1.54) is 0 Å². The summed E-state index contributed by atoms with van der Waals surface area (Å²) in [4.78, 5) is 16.8. The minimum absolute atomic E-state index is 0.0150. The zero-order valence-corrected chi connectivity index (χ0v) is 15.0. The lowest BCUT2D eigenvalue weighted by molar-refractivity contribution is -0.143. The third-order valence-electron chi connectivity index (χ3n) is 4.55. The van der Waals surface area contributed by atoms with E-state index in [2.05, 4.69) is 33.0 Å². The normalized spacial score (nSPS) is 24.4. The van der Waals surface area contributed by atoms with Crippen molar-refractivity contribution in [1.29, 1.82) is 0 Å². The molecular weight excluding hydrogens is 360 g/mol. The number of hydrogen-bond acceptors (Lipinski definition) is 4. The highest BCUT2D eigenvalue weighted by Crippen LogP contribution is 2.26. The number of carbonyl (C=O) groups is 1. The van der Waals surface area contributed by atoms with Crippen molar-refractivity contribution in [3.8, 4) is 0 Å². The molecule has 23 heavy (non-hydrogen) atoms. The summed E-state index contributed by atoms with van der Waals surface area (Å²) in [5.74, 6) is 0.197. The zero-order valence-electron chi connectivity index (χ0n) is 13.4. The molecule has 2 saturated heterocycles.